The maximum atomic E-state index is 4.16. The molecule has 0 radical (unpaired) electrons. The van der Waals surface area contributed by atoms with Crippen LogP contribution in [0.4, 0.5) is 0 Å². The number of nitrogens with zero attached hydrogens (tertiary/aromatic N) is 2. The summed E-state index contributed by atoms with van der Waals surface area (Å²) < 4.78 is 0. The third-order valence-corrected chi connectivity index (χ3v) is 3.21. The zero-order valence-electron chi connectivity index (χ0n) is 10.0. The second kappa shape index (κ2) is 5.97. The normalized spacial score (nSPS) is 18.8. The number of hydrogen-bond acceptors (Lipinski definition) is 3. The molecule has 1 aliphatic rings. The van der Waals surface area contributed by atoms with Crippen molar-refractivity contribution in [2.75, 3.05) is 19.6 Å². The number of likely N-dealkylation sites (tertiary alicyclic amines) is 1. The highest BCUT2D eigenvalue weighted by atomic mass is 15.1. The van der Waals surface area contributed by atoms with E-state index in [2.05, 4.69) is 28.2 Å². The quantitative estimate of drug-likeness (QED) is 0.834. The van der Waals surface area contributed by atoms with E-state index in [1.54, 1.807) is 0 Å². The van der Waals surface area contributed by atoms with Gasteiger partial charge in [0.05, 0.1) is 0 Å². The lowest BCUT2D eigenvalue weighted by Gasteiger charge is -2.32. The molecule has 0 aromatic carbocycles. The Hall–Kier alpha value is -0.930. The molecule has 0 bridgehead atoms. The molecule has 88 valence electrons. The molecule has 0 unspecified atom stereocenters. The molecule has 0 saturated carbocycles. The van der Waals surface area contributed by atoms with Crippen LogP contribution in [-0.2, 0) is 6.54 Å². The van der Waals surface area contributed by atoms with Gasteiger partial charge >= 0.3 is 0 Å². The highest BCUT2D eigenvalue weighted by Crippen LogP contribution is 2.13. The summed E-state index contributed by atoms with van der Waals surface area (Å²) in [5, 5.41) is 3.53. The van der Waals surface area contributed by atoms with Crippen LogP contribution in [0, 0.1) is 0 Å². The van der Waals surface area contributed by atoms with E-state index in [-0.39, 0.29) is 0 Å². The van der Waals surface area contributed by atoms with E-state index in [9.17, 15) is 0 Å². The number of hydrogen-bond donors (Lipinski definition) is 1. The van der Waals surface area contributed by atoms with Crippen LogP contribution < -0.4 is 5.32 Å². The number of aromatic nitrogens is 1. The van der Waals surface area contributed by atoms with Gasteiger partial charge in [-0.2, -0.15) is 0 Å². The Morgan fingerprint density at radius 1 is 1.44 bits per heavy atom. The van der Waals surface area contributed by atoms with E-state index in [1.807, 2.05) is 18.5 Å². The summed E-state index contributed by atoms with van der Waals surface area (Å²) in [5.41, 5.74) is 1.32. The Morgan fingerprint density at radius 2 is 2.25 bits per heavy atom. The van der Waals surface area contributed by atoms with E-state index in [0.717, 1.165) is 19.1 Å². The van der Waals surface area contributed by atoms with Gasteiger partial charge in [-0.3, -0.25) is 9.88 Å². The second-order valence-corrected chi connectivity index (χ2v) is 4.47. The van der Waals surface area contributed by atoms with Gasteiger partial charge in [-0.15, -0.1) is 0 Å². The predicted octanol–water partition coefficient (Wildman–Crippen LogP) is 1.66. The molecule has 3 heteroatoms. The van der Waals surface area contributed by atoms with Crippen LogP contribution in [0.15, 0.2) is 24.5 Å². The number of piperidine rings is 1. The molecule has 2 heterocycles. The smallest absolute Gasteiger partial charge is 0.0312 e. The molecule has 3 nitrogen and oxygen atoms in total. The van der Waals surface area contributed by atoms with Crippen LogP contribution >= 0.6 is 0 Å². The molecule has 1 saturated heterocycles. The molecular formula is C13H21N3. The minimum Gasteiger partial charge on any atom is -0.314 e. The topological polar surface area (TPSA) is 28.2 Å². The fourth-order valence-corrected chi connectivity index (χ4v) is 2.33. The molecule has 1 fully saturated rings. The fourth-order valence-electron chi connectivity index (χ4n) is 2.33. The molecule has 1 aromatic rings. The van der Waals surface area contributed by atoms with Crippen molar-refractivity contribution in [3.63, 3.8) is 0 Å². The molecular weight excluding hydrogens is 198 g/mol. The summed E-state index contributed by atoms with van der Waals surface area (Å²) in [5.74, 6) is 0. The van der Waals surface area contributed by atoms with Gasteiger partial charge in [-0.05, 0) is 44.1 Å². The zero-order valence-corrected chi connectivity index (χ0v) is 10.0. The van der Waals surface area contributed by atoms with Crippen LogP contribution in [0.5, 0.6) is 0 Å². The largest absolute Gasteiger partial charge is 0.314 e. The molecule has 1 N–H and O–H groups in total. The van der Waals surface area contributed by atoms with Gasteiger partial charge in [0.15, 0.2) is 0 Å². The third kappa shape index (κ3) is 3.29. The van der Waals surface area contributed by atoms with Gasteiger partial charge in [0, 0.05) is 25.0 Å². The van der Waals surface area contributed by atoms with Crippen LogP contribution in [0.25, 0.3) is 0 Å². The maximum absolute atomic E-state index is 4.16. The van der Waals surface area contributed by atoms with E-state index in [1.165, 1.54) is 31.5 Å². The fraction of sp³-hybridized carbons (Fsp3) is 0.615. The van der Waals surface area contributed by atoms with Crippen molar-refractivity contribution in [1.29, 1.82) is 0 Å². The highest BCUT2D eigenvalue weighted by Gasteiger charge is 2.17. The lowest BCUT2D eigenvalue weighted by molar-refractivity contribution is 0.191. The first-order chi connectivity index (χ1) is 7.88. The first kappa shape index (κ1) is 11.6. The van der Waals surface area contributed by atoms with Gasteiger partial charge in [-0.25, -0.2) is 0 Å². The van der Waals surface area contributed by atoms with Crippen molar-refractivity contribution in [3.8, 4) is 0 Å². The second-order valence-electron chi connectivity index (χ2n) is 4.47. The van der Waals surface area contributed by atoms with Gasteiger partial charge in [-0.1, -0.05) is 13.0 Å². The van der Waals surface area contributed by atoms with E-state index >= 15 is 0 Å². The summed E-state index contributed by atoms with van der Waals surface area (Å²) in [7, 11) is 0. The Bertz CT molecular complexity index is 291. The first-order valence-electron chi connectivity index (χ1n) is 6.23. The van der Waals surface area contributed by atoms with Crippen molar-refractivity contribution in [2.24, 2.45) is 0 Å². The number of rotatable bonds is 4. The van der Waals surface area contributed by atoms with Crippen molar-refractivity contribution in [3.05, 3.63) is 30.1 Å². The van der Waals surface area contributed by atoms with Gasteiger partial charge in [0.25, 0.3) is 0 Å². The summed E-state index contributed by atoms with van der Waals surface area (Å²) in [4.78, 5) is 6.67. The van der Waals surface area contributed by atoms with Gasteiger partial charge in [0.1, 0.15) is 0 Å². The molecule has 16 heavy (non-hydrogen) atoms. The monoisotopic (exact) mass is 219 g/mol. The Labute approximate surface area is 97.9 Å². The van der Waals surface area contributed by atoms with E-state index in [0.29, 0.717) is 0 Å². The third-order valence-electron chi connectivity index (χ3n) is 3.21. The maximum Gasteiger partial charge on any atom is 0.0312 e. The average molecular weight is 219 g/mol. The molecule has 1 aromatic heterocycles. The van der Waals surface area contributed by atoms with Crippen molar-refractivity contribution >= 4 is 0 Å². The predicted molar refractivity (Wildman–Crippen MR) is 66.2 cm³/mol. The van der Waals surface area contributed by atoms with Gasteiger partial charge < -0.3 is 5.32 Å². The van der Waals surface area contributed by atoms with E-state index < -0.39 is 0 Å². The summed E-state index contributed by atoms with van der Waals surface area (Å²) in [6.07, 6.45) is 6.35. The molecule has 0 aliphatic carbocycles. The summed E-state index contributed by atoms with van der Waals surface area (Å²) >= 11 is 0. The molecule has 0 spiro atoms. The zero-order chi connectivity index (χ0) is 11.2. The lowest BCUT2D eigenvalue weighted by atomic mass is 10.0. The van der Waals surface area contributed by atoms with Gasteiger partial charge in [0.2, 0.25) is 0 Å². The number of nitrogens with one attached hydrogen (secondary N) is 1. The van der Waals surface area contributed by atoms with E-state index in [4.69, 9.17) is 0 Å². The van der Waals surface area contributed by atoms with Crippen LogP contribution in [0.3, 0.4) is 0 Å². The van der Waals surface area contributed by atoms with Crippen LogP contribution in [-0.4, -0.2) is 35.6 Å². The Kier molecular flexibility index (Phi) is 4.31. The van der Waals surface area contributed by atoms with Crippen molar-refractivity contribution in [2.45, 2.75) is 32.4 Å². The lowest BCUT2D eigenvalue weighted by Crippen LogP contribution is -2.42. The first-order valence-corrected chi connectivity index (χ1v) is 6.23. The minimum atomic E-state index is 0.732. The highest BCUT2D eigenvalue weighted by molar-refractivity contribution is 5.08. The summed E-state index contributed by atoms with van der Waals surface area (Å²) in [6.45, 7) is 6.72. The van der Waals surface area contributed by atoms with Crippen LogP contribution in [0.2, 0.25) is 0 Å². The minimum absolute atomic E-state index is 0.732. The Balaban J connectivity index is 1.77. The average Bonchev–Trinajstić information content (AvgIpc) is 2.33. The summed E-state index contributed by atoms with van der Waals surface area (Å²) in [6, 6.07) is 4.90. The number of pyridine rings is 1. The molecule has 1 aliphatic heterocycles. The Morgan fingerprint density at radius 3 is 2.88 bits per heavy atom. The van der Waals surface area contributed by atoms with Crippen molar-refractivity contribution in [1.82, 2.24) is 15.2 Å². The molecule has 2 rings (SSSR count). The SMILES string of the molecule is CCNC1CCN(Cc2cccnc2)CC1. The molecule has 0 atom stereocenters. The molecule has 0 amide bonds. The van der Waals surface area contributed by atoms with Crippen LogP contribution in [0.1, 0.15) is 25.3 Å². The van der Waals surface area contributed by atoms with Crippen molar-refractivity contribution < 1.29 is 0 Å². The standard InChI is InChI=1S/C13H21N3/c1-2-15-13-5-8-16(9-6-13)11-12-4-3-7-14-10-12/h3-4,7,10,13,15H,2,5-6,8-9,11H2,1H3.